The molecule has 4 N–H and O–H groups in total. The molecule has 1 aliphatic rings. The number of pyridine rings is 1. The Labute approximate surface area is 255 Å². The van der Waals surface area contributed by atoms with Crippen LogP contribution in [0.15, 0.2) is 54.9 Å². The number of benzene rings is 2. The predicted octanol–water partition coefficient (Wildman–Crippen LogP) is 4.86. The maximum absolute atomic E-state index is 13.1. The number of anilines is 1. The van der Waals surface area contributed by atoms with Gasteiger partial charge in [0.1, 0.15) is 5.75 Å². The minimum absolute atomic E-state index is 0.0591. The molecule has 9 nitrogen and oxygen atoms in total. The second-order valence-corrected chi connectivity index (χ2v) is 11.6. The Hall–Kier alpha value is -4.11. The number of hydrogen-bond acceptors (Lipinski definition) is 6. The fourth-order valence-corrected chi connectivity index (χ4v) is 6.06. The summed E-state index contributed by atoms with van der Waals surface area (Å²) in [6.07, 6.45) is 6.85. The topological polar surface area (TPSA) is 113 Å². The van der Waals surface area contributed by atoms with Crippen molar-refractivity contribution in [2.45, 2.75) is 72.1 Å². The number of aryl methyl sites for hydroxylation is 3. The summed E-state index contributed by atoms with van der Waals surface area (Å²) in [7, 11) is 1.70. The van der Waals surface area contributed by atoms with Crippen LogP contribution in [0.25, 0.3) is 0 Å². The molecule has 230 valence electrons. The highest BCUT2D eigenvalue weighted by atomic mass is 16.5. The summed E-state index contributed by atoms with van der Waals surface area (Å²) in [5, 5.41) is 5.73. The fraction of sp³-hybridized carbons (Fsp3) is 0.441. The molecule has 9 heteroatoms. The molecule has 1 saturated heterocycles. The lowest BCUT2D eigenvalue weighted by Crippen LogP contribution is -2.48. The van der Waals surface area contributed by atoms with Gasteiger partial charge in [0.05, 0.1) is 7.11 Å². The third-order valence-electron chi connectivity index (χ3n) is 8.59. The lowest BCUT2D eigenvalue weighted by molar-refractivity contribution is 0.0944. The Morgan fingerprint density at radius 3 is 2.33 bits per heavy atom. The zero-order chi connectivity index (χ0) is 30.9. The normalized spacial score (nSPS) is 14.6. The van der Waals surface area contributed by atoms with E-state index in [0.29, 0.717) is 30.7 Å². The fourth-order valence-electron chi connectivity index (χ4n) is 6.06. The zero-order valence-electron chi connectivity index (χ0n) is 26.2. The number of carbonyl (C=O) groups is 2. The monoisotopic (exact) mass is 586 g/mol. The Kier molecular flexibility index (Phi) is 11.0. The van der Waals surface area contributed by atoms with Gasteiger partial charge in [0.2, 0.25) is 0 Å². The Morgan fingerprint density at radius 2 is 1.72 bits per heavy atom. The summed E-state index contributed by atoms with van der Waals surface area (Å²) in [5.74, 6) is 0.799. The largest absolute Gasteiger partial charge is 0.497 e. The molecule has 3 aromatic rings. The zero-order valence-corrected chi connectivity index (χ0v) is 26.2. The van der Waals surface area contributed by atoms with E-state index in [9.17, 15) is 9.59 Å². The van der Waals surface area contributed by atoms with Crippen molar-refractivity contribution in [3.8, 4) is 5.75 Å². The van der Waals surface area contributed by atoms with Crippen LogP contribution in [-0.2, 0) is 13.1 Å². The third kappa shape index (κ3) is 8.47. The van der Waals surface area contributed by atoms with Crippen LogP contribution >= 0.6 is 0 Å². The highest BCUT2D eigenvalue weighted by Crippen LogP contribution is 2.29. The third-order valence-corrected chi connectivity index (χ3v) is 8.59. The van der Waals surface area contributed by atoms with E-state index < -0.39 is 6.03 Å². The molecule has 0 aliphatic carbocycles. The van der Waals surface area contributed by atoms with Crippen LogP contribution < -0.4 is 26.0 Å². The Morgan fingerprint density at radius 1 is 1.05 bits per heavy atom. The van der Waals surface area contributed by atoms with Gasteiger partial charge < -0.3 is 30.9 Å². The molecule has 0 radical (unpaired) electrons. The van der Waals surface area contributed by atoms with Crippen molar-refractivity contribution in [2.24, 2.45) is 5.73 Å². The quantitative estimate of drug-likeness (QED) is 0.279. The number of aromatic nitrogens is 1. The van der Waals surface area contributed by atoms with E-state index in [4.69, 9.17) is 10.5 Å². The molecular weight excluding hydrogens is 540 g/mol. The van der Waals surface area contributed by atoms with E-state index in [2.05, 4.69) is 57.5 Å². The SMILES string of the molecule is COc1ccc(N(Cc2cnccc2C)C2CCN(C(C)CCNC(=O)c3c(C)cc(CNC(N)=O)cc3C)CC2)cc1. The standard InChI is InChI=1S/C34H46N6O3/c1-23-10-14-36-21-28(23)22-40(29-6-8-31(43-5)9-7-29)30-12-16-39(17-13-30)26(4)11-15-37-33(41)32-24(2)18-27(19-25(32)3)20-38-34(35)42/h6-10,14,18-19,21,26,30H,11-13,15-17,20,22H2,1-5H3,(H,37,41)(H3,35,38,42). The van der Waals surface area contributed by atoms with E-state index in [1.165, 1.54) is 16.8 Å². The first-order valence-electron chi connectivity index (χ1n) is 15.1. The van der Waals surface area contributed by atoms with Crippen LogP contribution in [0.5, 0.6) is 5.75 Å². The van der Waals surface area contributed by atoms with Crippen LogP contribution in [-0.4, -0.2) is 60.6 Å². The molecule has 3 amide bonds. The van der Waals surface area contributed by atoms with Gasteiger partial charge in [-0.15, -0.1) is 0 Å². The molecule has 0 saturated carbocycles. The summed E-state index contributed by atoms with van der Waals surface area (Å²) in [6, 6.07) is 14.5. The van der Waals surface area contributed by atoms with Gasteiger partial charge in [0, 0.05) is 68.5 Å². The number of nitrogens with zero attached hydrogens (tertiary/aromatic N) is 3. The summed E-state index contributed by atoms with van der Waals surface area (Å²) in [5.41, 5.74) is 12.3. The number of nitrogens with one attached hydrogen (secondary N) is 2. The average molecular weight is 587 g/mol. The number of ether oxygens (including phenoxy) is 1. The van der Waals surface area contributed by atoms with Crippen LogP contribution in [0, 0.1) is 20.8 Å². The number of amides is 3. The second-order valence-electron chi connectivity index (χ2n) is 11.6. The molecule has 2 heterocycles. The molecule has 1 atom stereocenters. The highest BCUT2D eigenvalue weighted by Gasteiger charge is 2.28. The van der Waals surface area contributed by atoms with E-state index in [-0.39, 0.29) is 5.91 Å². The molecule has 1 aliphatic heterocycles. The van der Waals surface area contributed by atoms with Crippen molar-refractivity contribution < 1.29 is 14.3 Å². The van der Waals surface area contributed by atoms with E-state index in [0.717, 1.165) is 61.3 Å². The van der Waals surface area contributed by atoms with Crippen molar-refractivity contribution in [3.63, 3.8) is 0 Å². The first-order chi connectivity index (χ1) is 20.7. The van der Waals surface area contributed by atoms with E-state index >= 15 is 0 Å². The Bertz CT molecular complexity index is 1360. The van der Waals surface area contributed by atoms with Gasteiger partial charge in [-0.05, 0) is 105 Å². The summed E-state index contributed by atoms with van der Waals surface area (Å²) in [4.78, 5) is 33.5. The summed E-state index contributed by atoms with van der Waals surface area (Å²) in [6.45, 7) is 12.0. The van der Waals surface area contributed by atoms with Gasteiger partial charge >= 0.3 is 6.03 Å². The number of likely N-dealkylation sites (tertiary alicyclic amines) is 1. The molecule has 1 aromatic heterocycles. The molecule has 2 aromatic carbocycles. The van der Waals surface area contributed by atoms with Crippen LogP contribution in [0.4, 0.5) is 10.5 Å². The molecule has 0 bridgehead atoms. The van der Waals surface area contributed by atoms with E-state index in [1.54, 1.807) is 7.11 Å². The molecule has 1 fully saturated rings. The molecule has 43 heavy (non-hydrogen) atoms. The van der Waals surface area contributed by atoms with Crippen LogP contribution in [0.3, 0.4) is 0 Å². The highest BCUT2D eigenvalue weighted by molar-refractivity contribution is 5.97. The van der Waals surface area contributed by atoms with Crippen molar-refractivity contribution >= 4 is 17.6 Å². The number of primary amides is 1. The van der Waals surface area contributed by atoms with Crippen molar-refractivity contribution in [1.29, 1.82) is 0 Å². The minimum Gasteiger partial charge on any atom is -0.497 e. The van der Waals surface area contributed by atoms with Gasteiger partial charge in [0.15, 0.2) is 0 Å². The second kappa shape index (κ2) is 14.9. The number of piperidine rings is 1. The number of nitrogens with two attached hydrogens (primary N) is 1. The van der Waals surface area contributed by atoms with Crippen LogP contribution in [0.2, 0.25) is 0 Å². The number of urea groups is 1. The first-order valence-corrected chi connectivity index (χ1v) is 15.1. The van der Waals surface area contributed by atoms with Gasteiger partial charge in [-0.25, -0.2) is 4.79 Å². The van der Waals surface area contributed by atoms with Crippen molar-refractivity contribution in [3.05, 3.63) is 88.2 Å². The smallest absolute Gasteiger partial charge is 0.312 e. The maximum atomic E-state index is 13.1. The molecular formula is C34H46N6O3. The van der Waals surface area contributed by atoms with Crippen LogP contribution in [0.1, 0.15) is 64.4 Å². The maximum Gasteiger partial charge on any atom is 0.312 e. The van der Waals surface area contributed by atoms with Crippen molar-refractivity contribution in [2.75, 3.05) is 31.6 Å². The number of rotatable bonds is 12. The summed E-state index contributed by atoms with van der Waals surface area (Å²) < 4.78 is 5.40. The Balaban J connectivity index is 1.31. The number of methoxy groups -OCH3 is 1. The first kappa shape index (κ1) is 31.8. The van der Waals surface area contributed by atoms with Gasteiger partial charge in [-0.2, -0.15) is 0 Å². The molecule has 1 unspecified atom stereocenters. The van der Waals surface area contributed by atoms with Crippen molar-refractivity contribution in [1.82, 2.24) is 20.5 Å². The van der Waals surface area contributed by atoms with Gasteiger partial charge in [-0.1, -0.05) is 12.1 Å². The average Bonchev–Trinajstić information content (AvgIpc) is 2.99. The predicted molar refractivity (Wildman–Crippen MR) is 171 cm³/mol. The molecule has 0 spiro atoms. The number of carbonyl (C=O) groups excluding carboxylic acids is 2. The molecule has 4 rings (SSSR count). The number of hydrogen-bond donors (Lipinski definition) is 3. The van der Waals surface area contributed by atoms with Gasteiger partial charge in [0.25, 0.3) is 5.91 Å². The lowest BCUT2D eigenvalue weighted by Gasteiger charge is -2.42. The minimum atomic E-state index is -0.565. The van der Waals surface area contributed by atoms with E-state index in [1.807, 2.05) is 50.5 Å². The van der Waals surface area contributed by atoms with Gasteiger partial charge in [-0.3, -0.25) is 9.78 Å². The summed E-state index contributed by atoms with van der Waals surface area (Å²) >= 11 is 0. The lowest BCUT2D eigenvalue weighted by atomic mass is 9.98.